The number of rotatable bonds is 2. The Morgan fingerprint density at radius 3 is 2.70 bits per heavy atom. The van der Waals surface area contributed by atoms with Gasteiger partial charge in [-0.15, -0.1) is 0 Å². The second-order valence-electron chi connectivity index (χ2n) is 2.89. The summed E-state index contributed by atoms with van der Waals surface area (Å²) in [7, 11) is 0. The number of allylic oxidation sites excluding steroid dienone is 2. The summed E-state index contributed by atoms with van der Waals surface area (Å²) in [5.74, 6) is 0. The van der Waals surface area contributed by atoms with Gasteiger partial charge in [-0.2, -0.15) is 0 Å². The minimum absolute atomic E-state index is 0.801. The minimum atomic E-state index is -1.22. The van der Waals surface area contributed by atoms with E-state index in [1.54, 1.807) is 3.33 Å². The summed E-state index contributed by atoms with van der Waals surface area (Å²) < 4.78 is 6.58. The van der Waals surface area contributed by atoms with Gasteiger partial charge in [-0.3, -0.25) is 0 Å². The Hall–Kier alpha value is 0.310. The molecule has 0 aromatic heterocycles. The van der Waals surface area contributed by atoms with Crippen LogP contribution in [-0.4, -0.2) is 28.0 Å². The molecule has 0 unspecified atom stereocenters. The van der Waals surface area contributed by atoms with Gasteiger partial charge in [0.15, 0.2) is 0 Å². The molecule has 1 heterocycles. The van der Waals surface area contributed by atoms with Gasteiger partial charge < -0.3 is 0 Å². The van der Waals surface area contributed by atoms with Gasteiger partial charge in [0.05, 0.1) is 0 Å². The first-order chi connectivity index (χ1) is 4.75. The maximum absolute atomic E-state index is 5.47. The zero-order valence-corrected chi connectivity index (χ0v) is 10.0. The first-order valence-electron chi connectivity index (χ1n) is 3.83. The standard InChI is InChI=1S/C7H11N.CH3.In/c1-3-7(4-2)5-6-8;;/h1,3H,5-6,8H2,2H3;1H3;. The Morgan fingerprint density at radius 2 is 2.30 bits per heavy atom. The third kappa shape index (κ3) is 1.67. The fraction of sp³-hybridized carbons (Fsp3) is 0.500. The second kappa shape index (κ2) is 3.63. The van der Waals surface area contributed by atoms with E-state index in [2.05, 4.69) is 21.5 Å². The van der Waals surface area contributed by atoms with E-state index in [1.807, 2.05) is 0 Å². The van der Waals surface area contributed by atoms with Crippen LogP contribution in [-0.2, 0) is 0 Å². The molecule has 0 radical (unpaired) electrons. The fourth-order valence-corrected chi connectivity index (χ4v) is 5.93. The Labute approximate surface area is 70.5 Å². The van der Waals surface area contributed by atoms with E-state index in [0.717, 1.165) is 13.0 Å². The molecular formula is C8H14InN. The first kappa shape index (κ1) is 8.41. The van der Waals surface area contributed by atoms with Crippen molar-refractivity contribution < 1.29 is 0 Å². The average Bonchev–Trinajstić information content (AvgIpc) is 2.20. The molecule has 0 spiro atoms. The third-order valence-corrected chi connectivity index (χ3v) is 9.34. The fourth-order valence-electron chi connectivity index (χ4n) is 1.26. The number of hydrogen-bond donors (Lipinski definition) is 1. The van der Waals surface area contributed by atoms with Crippen LogP contribution >= 0.6 is 0 Å². The third-order valence-electron chi connectivity index (χ3n) is 2.19. The molecule has 2 N–H and O–H groups in total. The van der Waals surface area contributed by atoms with Gasteiger partial charge in [0.25, 0.3) is 0 Å². The molecule has 1 rings (SSSR count). The van der Waals surface area contributed by atoms with Crippen LogP contribution in [0.15, 0.2) is 18.8 Å². The molecule has 0 saturated heterocycles. The summed E-state index contributed by atoms with van der Waals surface area (Å²) in [5, 5.41) is 0. The van der Waals surface area contributed by atoms with Crippen molar-refractivity contribution in [3.05, 3.63) is 18.8 Å². The molecular weight excluding hydrogens is 225 g/mol. The molecule has 0 atom stereocenters. The molecule has 0 aliphatic carbocycles. The monoisotopic (exact) mass is 239 g/mol. The zero-order chi connectivity index (χ0) is 7.56. The normalized spacial score (nSPS) is 17.3. The van der Waals surface area contributed by atoms with E-state index < -0.39 is 21.4 Å². The van der Waals surface area contributed by atoms with Crippen LogP contribution in [0.5, 0.6) is 0 Å². The van der Waals surface area contributed by atoms with Crippen molar-refractivity contribution in [2.24, 2.45) is 5.73 Å². The van der Waals surface area contributed by atoms with E-state index in [4.69, 9.17) is 5.73 Å². The van der Waals surface area contributed by atoms with Crippen LogP contribution in [0.1, 0.15) is 13.3 Å². The van der Waals surface area contributed by atoms with Crippen LogP contribution in [0.3, 0.4) is 0 Å². The molecule has 1 aliphatic rings. The molecule has 1 nitrogen and oxygen atoms in total. The van der Waals surface area contributed by atoms with Gasteiger partial charge in [-0.25, -0.2) is 0 Å². The van der Waals surface area contributed by atoms with Crippen LogP contribution in [0.4, 0.5) is 0 Å². The molecule has 0 aromatic rings. The van der Waals surface area contributed by atoms with Crippen LogP contribution in [0.25, 0.3) is 0 Å². The topological polar surface area (TPSA) is 26.0 Å². The molecule has 0 aromatic carbocycles. The van der Waals surface area contributed by atoms with Crippen molar-refractivity contribution in [1.29, 1.82) is 0 Å². The summed E-state index contributed by atoms with van der Waals surface area (Å²) >= 11 is -1.22. The van der Waals surface area contributed by atoms with Crippen molar-refractivity contribution >= 4 is 21.4 Å². The molecule has 2 heteroatoms. The van der Waals surface area contributed by atoms with Crippen LogP contribution < -0.4 is 5.73 Å². The van der Waals surface area contributed by atoms with Crippen molar-refractivity contribution in [2.75, 3.05) is 6.54 Å². The summed E-state index contributed by atoms with van der Waals surface area (Å²) in [5.41, 5.74) is 7.00. The van der Waals surface area contributed by atoms with E-state index in [0.29, 0.717) is 0 Å². The molecule has 0 bridgehead atoms. The van der Waals surface area contributed by atoms with Gasteiger partial charge in [-0.05, 0) is 0 Å². The van der Waals surface area contributed by atoms with E-state index in [-0.39, 0.29) is 0 Å². The van der Waals surface area contributed by atoms with Gasteiger partial charge >= 0.3 is 70.6 Å². The zero-order valence-electron chi connectivity index (χ0n) is 6.72. The Bertz CT molecular complexity index is 182. The summed E-state index contributed by atoms with van der Waals surface area (Å²) in [4.78, 5) is 0. The second-order valence-corrected chi connectivity index (χ2v) is 11.0. The number of nitrogens with two attached hydrogens (primary N) is 1. The van der Waals surface area contributed by atoms with Gasteiger partial charge in [-0.1, -0.05) is 0 Å². The Morgan fingerprint density at radius 1 is 1.60 bits per heavy atom. The van der Waals surface area contributed by atoms with Crippen LogP contribution in [0, 0.1) is 0 Å². The SMILES string of the molecule is C[C]1=C(CCN)C=[CH][In]1[CH3]. The van der Waals surface area contributed by atoms with Crippen molar-refractivity contribution in [3.8, 4) is 0 Å². The Balaban J connectivity index is 2.65. The maximum atomic E-state index is 5.47. The molecule has 1 aliphatic heterocycles. The van der Waals surface area contributed by atoms with Crippen molar-refractivity contribution in [1.82, 2.24) is 0 Å². The Kier molecular flexibility index (Phi) is 3.05. The summed E-state index contributed by atoms with van der Waals surface area (Å²) in [6.07, 6.45) is 3.38. The van der Waals surface area contributed by atoms with Crippen molar-refractivity contribution in [3.63, 3.8) is 0 Å². The van der Waals surface area contributed by atoms with E-state index in [1.165, 1.54) is 5.57 Å². The van der Waals surface area contributed by atoms with Gasteiger partial charge in [0, 0.05) is 0 Å². The molecule has 10 heavy (non-hydrogen) atoms. The molecule has 54 valence electrons. The van der Waals surface area contributed by atoms with Crippen molar-refractivity contribution in [2.45, 2.75) is 18.0 Å². The first-order valence-corrected chi connectivity index (χ1v) is 10.7. The summed E-state index contributed by atoms with van der Waals surface area (Å²) in [6.45, 7) is 3.08. The van der Waals surface area contributed by atoms with Gasteiger partial charge in [0.1, 0.15) is 0 Å². The molecule has 0 saturated carbocycles. The van der Waals surface area contributed by atoms with Crippen LogP contribution in [0.2, 0.25) is 4.68 Å². The predicted molar refractivity (Wildman–Crippen MR) is 47.1 cm³/mol. The summed E-state index contributed by atoms with van der Waals surface area (Å²) in [6, 6.07) is 0. The molecule has 0 fully saturated rings. The predicted octanol–water partition coefficient (Wildman–Crippen LogP) is 1.42. The molecule has 0 amide bonds. The van der Waals surface area contributed by atoms with E-state index in [9.17, 15) is 0 Å². The van der Waals surface area contributed by atoms with E-state index >= 15 is 0 Å². The quantitative estimate of drug-likeness (QED) is 0.774. The average molecular weight is 239 g/mol. The van der Waals surface area contributed by atoms with Gasteiger partial charge in [0.2, 0.25) is 0 Å². The number of hydrogen-bond acceptors (Lipinski definition) is 1.